The van der Waals surface area contributed by atoms with E-state index in [2.05, 4.69) is 67.1 Å². The van der Waals surface area contributed by atoms with Crippen molar-refractivity contribution in [1.82, 2.24) is 20.4 Å². The van der Waals surface area contributed by atoms with Crippen LogP contribution in [-0.2, 0) is 0 Å². The molecule has 1 aromatic heterocycles. The molecular formula is C17H24N4. The second-order valence-electron chi connectivity index (χ2n) is 6.90. The molecule has 0 aliphatic rings. The molecule has 0 aliphatic heterocycles. The number of aromatic nitrogens is 4. The molecule has 2 rings (SSSR count). The van der Waals surface area contributed by atoms with E-state index >= 15 is 0 Å². The molecular weight excluding hydrogens is 260 g/mol. The number of hydrogen-bond donors (Lipinski definition) is 0. The third-order valence-electron chi connectivity index (χ3n) is 4.33. The monoisotopic (exact) mass is 284 g/mol. The van der Waals surface area contributed by atoms with Crippen LogP contribution in [0.5, 0.6) is 0 Å². The average Bonchev–Trinajstić information content (AvgIpc) is 2.47. The average molecular weight is 284 g/mol. The maximum atomic E-state index is 3.98. The minimum absolute atomic E-state index is 0.351. The van der Waals surface area contributed by atoms with Gasteiger partial charge < -0.3 is 0 Å². The minimum atomic E-state index is 0.351. The lowest BCUT2D eigenvalue weighted by Crippen LogP contribution is -2.19. The van der Waals surface area contributed by atoms with Gasteiger partial charge in [0.25, 0.3) is 0 Å². The summed E-state index contributed by atoms with van der Waals surface area (Å²) in [6, 6.07) is 8.41. The molecule has 0 aliphatic carbocycles. The van der Waals surface area contributed by atoms with Crippen molar-refractivity contribution in [2.24, 2.45) is 11.3 Å². The predicted octanol–water partition coefficient (Wildman–Crippen LogP) is 4.11. The molecule has 1 aromatic carbocycles. The van der Waals surface area contributed by atoms with Gasteiger partial charge in [0, 0.05) is 5.56 Å². The van der Waals surface area contributed by atoms with Crippen LogP contribution in [0, 0.1) is 11.3 Å². The molecule has 1 heterocycles. The lowest BCUT2D eigenvalue weighted by atomic mass is 9.76. The Morgan fingerprint density at radius 3 is 2.05 bits per heavy atom. The first kappa shape index (κ1) is 15.5. The quantitative estimate of drug-likeness (QED) is 0.847. The van der Waals surface area contributed by atoms with Crippen LogP contribution in [0.15, 0.2) is 30.6 Å². The smallest absolute Gasteiger partial charge is 0.135 e. The van der Waals surface area contributed by atoms with Crippen LogP contribution < -0.4 is 0 Å². The van der Waals surface area contributed by atoms with Crippen molar-refractivity contribution in [2.75, 3.05) is 0 Å². The highest BCUT2D eigenvalue weighted by molar-refractivity contribution is 5.54. The van der Waals surface area contributed by atoms with Crippen molar-refractivity contribution in [3.8, 4) is 11.4 Å². The fourth-order valence-electron chi connectivity index (χ4n) is 2.30. The third kappa shape index (κ3) is 4.06. The lowest BCUT2D eigenvalue weighted by molar-refractivity contribution is 0.236. The van der Waals surface area contributed by atoms with Crippen LogP contribution in [0.1, 0.15) is 52.5 Å². The second-order valence-corrected chi connectivity index (χ2v) is 6.90. The lowest BCUT2D eigenvalue weighted by Gasteiger charge is -2.29. The van der Waals surface area contributed by atoms with Crippen molar-refractivity contribution in [3.63, 3.8) is 0 Å². The van der Waals surface area contributed by atoms with E-state index < -0.39 is 0 Å². The molecule has 112 valence electrons. The summed E-state index contributed by atoms with van der Waals surface area (Å²) in [6.45, 7) is 11.5. The van der Waals surface area contributed by atoms with Crippen LogP contribution in [-0.4, -0.2) is 20.4 Å². The Bertz CT molecular complexity index is 558. The van der Waals surface area contributed by atoms with Crippen molar-refractivity contribution in [1.29, 1.82) is 0 Å². The van der Waals surface area contributed by atoms with Gasteiger partial charge in [-0.1, -0.05) is 58.9 Å². The van der Waals surface area contributed by atoms with Crippen molar-refractivity contribution < 1.29 is 0 Å². The first-order chi connectivity index (χ1) is 9.88. The third-order valence-corrected chi connectivity index (χ3v) is 4.33. The molecule has 0 radical (unpaired) electrons. The molecule has 0 saturated heterocycles. The van der Waals surface area contributed by atoms with Gasteiger partial charge in [-0.3, -0.25) is 0 Å². The molecule has 2 atom stereocenters. The maximum Gasteiger partial charge on any atom is 0.203 e. The Kier molecular flexibility index (Phi) is 4.66. The van der Waals surface area contributed by atoms with Crippen molar-refractivity contribution >= 4 is 0 Å². The molecule has 0 fully saturated rings. The SMILES string of the molecule is CC(CC(C)C(C)(C)C)c1ccc(-c2nncnn2)cc1. The van der Waals surface area contributed by atoms with Crippen LogP contribution in [0.3, 0.4) is 0 Å². The summed E-state index contributed by atoms with van der Waals surface area (Å²) in [6.07, 6.45) is 2.53. The van der Waals surface area contributed by atoms with Crippen molar-refractivity contribution in [2.45, 2.75) is 47.0 Å². The zero-order chi connectivity index (χ0) is 15.5. The molecule has 0 spiro atoms. The summed E-state index contributed by atoms with van der Waals surface area (Å²) in [5.41, 5.74) is 2.66. The number of benzene rings is 1. The Morgan fingerprint density at radius 1 is 0.952 bits per heavy atom. The maximum absolute atomic E-state index is 3.98. The van der Waals surface area contributed by atoms with Gasteiger partial charge in [0.15, 0.2) is 6.33 Å². The van der Waals surface area contributed by atoms with Crippen LogP contribution in [0.4, 0.5) is 0 Å². The molecule has 0 N–H and O–H groups in total. The van der Waals surface area contributed by atoms with Gasteiger partial charge in [-0.25, -0.2) is 0 Å². The van der Waals surface area contributed by atoms with Gasteiger partial charge in [-0.05, 0) is 29.2 Å². The molecule has 21 heavy (non-hydrogen) atoms. The zero-order valence-corrected chi connectivity index (χ0v) is 13.5. The largest absolute Gasteiger partial charge is 0.203 e. The molecule has 2 unspecified atom stereocenters. The normalized spacial score (nSPS) is 14.7. The van der Waals surface area contributed by atoms with Crippen LogP contribution in [0.2, 0.25) is 0 Å². The highest BCUT2D eigenvalue weighted by Crippen LogP contribution is 2.34. The zero-order valence-electron chi connectivity index (χ0n) is 13.5. The number of rotatable bonds is 4. The molecule has 0 amide bonds. The van der Waals surface area contributed by atoms with Gasteiger partial charge in [-0.2, -0.15) is 0 Å². The first-order valence-corrected chi connectivity index (χ1v) is 7.48. The molecule has 4 nitrogen and oxygen atoms in total. The Hall–Kier alpha value is -1.84. The van der Waals surface area contributed by atoms with Crippen LogP contribution in [0.25, 0.3) is 11.4 Å². The van der Waals surface area contributed by atoms with E-state index in [1.54, 1.807) is 0 Å². The van der Waals surface area contributed by atoms with E-state index in [1.165, 1.54) is 18.3 Å². The second kappa shape index (κ2) is 6.29. The highest BCUT2D eigenvalue weighted by atomic mass is 15.3. The van der Waals surface area contributed by atoms with Gasteiger partial charge >= 0.3 is 0 Å². The van der Waals surface area contributed by atoms with E-state index in [0.717, 1.165) is 5.56 Å². The van der Waals surface area contributed by atoms with Gasteiger partial charge in [0.2, 0.25) is 5.82 Å². The summed E-state index contributed by atoms with van der Waals surface area (Å²) in [5, 5.41) is 15.5. The van der Waals surface area contributed by atoms with E-state index in [4.69, 9.17) is 0 Å². The van der Waals surface area contributed by atoms with E-state index in [9.17, 15) is 0 Å². The molecule has 0 saturated carbocycles. The van der Waals surface area contributed by atoms with E-state index in [0.29, 0.717) is 23.1 Å². The summed E-state index contributed by atoms with van der Waals surface area (Å²) < 4.78 is 0. The minimum Gasteiger partial charge on any atom is -0.135 e. The van der Waals surface area contributed by atoms with Crippen LogP contribution >= 0.6 is 0 Å². The highest BCUT2D eigenvalue weighted by Gasteiger charge is 2.22. The van der Waals surface area contributed by atoms with E-state index in [1.807, 2.05) is 12.1 Å². The molecule has 2 aromatic rings. The predicted molar refractivity (Wildman–Crippen MR) is 84.7 cm³/mol. The number of hydrogen-bond acceptors (Lipinski definition) is 4. The standard InChI is InChI=1S/C17H24N4/c1-12(10-13(2)17(3,4)5)14-6-8-15(9-7-14)16-20-18-11-19-21-16/h6-9,11-13H,10H2,1-5H3. The fourth-order valence-corrected chi connectivity index (χ4v) is 2.30. The Balaban J connectivity index is 2.09. The summed E-state index contributed by atoms with van der Waals surface area (Å²) in [4.78, 5) is 0. The molecule has 4 heteroatoms. The fraction of sp³-hybridized carbons (Fsp3) is 0.529. The Labute approximate surface area is 127 Å². The van der Waals surface area contributed by atoms with Gasteiger partial charge in [0.1, 0.15) is 0 Å². The van der Waals surface area contributed by atoms with Gasteiger partial charge in [0.05, 0.1) is 0 Å². The van der Waals surface area contributed by atoms with Gasteiger partial charge in [-0.15, -0.1) is 20.4 Å². The summed E-state index contributed by atoms with van der Waals surface area (Å²) in [7, 11) is 0. The molecule has 0 bridgehead atoms. The summed E-state index contributed by atoms with van der Waals surface area (Å²) >= 11 is 0. The topological polar surface area (TPSA) is 51.6 Å². The summed E-state index contributed by atoms with van der Waals surface area (Å²) in [5.74, 6) is 1.79. The number of nitrogens with zero attached hydrogens (tertiary/aromatic N) is 4. The van der Waals surface area contributed by atoms with E-state index in [-0.39, 0.29) is 0 Å². The van der Waals surface area contributed by atoms with Crippen molar-refractivity contribution in [3.05, 3.63) is 36.2 Å². The first-order valence-electron chi connectivity index (χ1n) is 7.48. The Morgan fingerprint density at radius 2 is 1.52 bits per heavy atom.